The lowest BCUT2D eigenvalue weighted by atomic mass is 9.92. The van der Waals surface area contributed by atoms with E-state index in [2.05, 4.69) is 30.9 Å². The molecule has 1 amide bonds. The van der Waals surface area contributed by atoms with Crippen LogP contribution in [0, 0.1) is 5.41 Å². The van der Waals surface area contributed by atoms with E-state index in [1.165, 1.54) is 0 Å². The Hall–Kier alpha value is -2.12. The minimum atomic E-state index is -0.578. The first-order valence-corrected chi connectivity index (χ1v) is 6.95. The Balaban J connectivity index is 2.80. The van der Waals surface area contributed by atoms with Crippen molar-refractivity contribution in [2.24, 2.45) is 5.41 Å². The molecule has 0 aliphatic carbocycles. The van der Waals surface area contributed by atoms with Crippen LogP contribution in [0.1, 0.15) is 27.2 Å². The van der Waals surface area contributed by atoms with Crippen LogP contribution >= 0.6 is 0 Å². The number of hydrogen-bond acceptors (Lipinski definition) is 7. The second-order valence-corrected chi connectivity index (χ2v) is 5.18. The smallest absolute Gasteiger partial charge is 0.323 e. The molecule has 0 radical (unpaired) electrons. The van der Waals surface area contributed by atoms with Gasteiger partial charge in [0.15, 0.2) is 0 Å². The zero-order valence-corrected chi connectivity index (χ0v) is 13.3. The number of amides is 1. The second-order valence-electron chi connectivity index (χ2n) is 5.18. The predicted octanol–water partition coefficient (Wildman–Crippen LogP) is 0.886. The van der Waals surface area contributed by atoms with Crippen molar-refractivity contribution in [1.29, 1.82) is 0 Å². The van der Waals surface area contributed by atoms with Gasteiger partial charge in [-0.05, 0) is 20.3 Å². The summed E-state index contributed by atoms with van der Waals surface area (Å²) in [5.41, 5.74) is -0.578. The zero-order valence-electron chi connectivity index (χ0n) is 13.3. The summed E-state index contributed by atoms with van der Waals surface area (Å²) < 4.78 is 5.42. The maximum Gasteiger partial charge on any atom is 0.323 e. The van der Waals surface area contributed by atoms with Crippen LogP contribution in [0.15, 0.2) is 0 Å². The summed E-state index contributed by atoms with van der Waals surface area (Å²) in [5, 5.41) is 8.54. The van der Waals surface area contributed by atoms with Crippen molar-refractivity contribution in [3.05, 3.63) is 0 Å². The monoisotopic (exact) mass is 296 g/mol. The van der Waals surface area contributed by atoms with Gasteiger partial charge in [-0.1, -0.05) is 6.92 Å². The predicted molar refractivity (Wildman–Crippen MR) is 81.5 cm³/mol. The van der Waals surface area contributed by atoms with E-state index >= 15 is 0 Å². The average Bonchev–Trinajstić information content (AvgIpc) is 2.49. The van der Waals surface area contributed by atoms with Crippen molar-refractivity contribution in [3.8, 4) is 6.01 Å². The summed E-state index contributed by atoms with van der Waals surface area (Å²) in [7, 11) is 3.33. The first-order valence-electron chi connectivity index (χ1n) is 6.95. The fourth-order valence-electron chi connectivity index (χ4n) is 1.52. The number of rotatable bonds is 8. The molecular formula is C13H24N6O2. The van der Waals surface area contributed by atoms with Crippen molar-refractivity contribution < 1.29 is 9.53 Å². The summed E-state index contributed by atoms with van der Waals surface area (Å²) in [4.78, 5) is 24.2. The Morgan fingerprint density at radius 2 is 1.86 bits per heavy atom. The number of carbonyl (C=O) groups is 1. The molecule has 0 unspecified atom stereocenters. The molecule has 1 aromatic rings. The van der Waals surface area contributed by atoms with E-state index in [1.807, 2.05) is 20.8 Å². The van der Waals surface area contributed by atoms with Crippen molar-refractivity contribution >= 4 is 17.8 Å². The molecule has 0 saturated carbocycles. The summed E-state index contributed by atoms with van der Waals surface area (Å²) in [6.45, 7) is 6.62. The summed E-state index contributed by atoms with van der Waals surface area (Å²) in [6, 6.07) is 0.261. The molecular weight excluding hydrogens is 272 g/mol. The third-order valence-electron chi connectivity index (χ3n) is 2.80. The first kappa shape index (κ1) is 16.9. The summed E-state index contributed by atoms with van der Waals surface area (Å²) >= 11 is 0. The Morgan fingerprint density at radius 3 is 2.43 bits per heavy atom. The topological polar surface area (TPSA) is 101 Å². The van der Waals surface area contributed by atoms with Gasteiger partial charge in [0.25, 0.3) is 0 Å². The molecule has 0 aliphatic heterocycles. The SMILES string of the molecule is CCCOc1nc(NC)nc(NCC(C)(C)C(=O)NC)n1. The van der Waals surface area contributed by atoms with Crippen molar-refractivity contribution in [1.82, 2.24) is 20.3 Å². The van der Waals surface area contributed by atoms with Crippen molar-refractivity contribution in [2.75, 3.05) is 37.9 Å². The quantitative estimate of drug-likeness (QED) is 0.654. The van der Waals surface area contributed by atoms with Crippen LogP contribution in [0.3, 0.4) is 0 Å². The number of hydrogen-bond donors (Lipinski definition) is 3. The molecule has 0 aliphatic rings. The molecule has 0 saturated heterocycles. The van der Waals surface area contributed by atoms with Crippen LogP contribution in [0.4, 0.5) is 11.9 Å². The van der Waals surface area contributed by atoms with Gasteiger partial charge in [-0.25, -0.2) is 0 Å². The van der Waals surface area contributed by atoms with Gasteiger partial charge in [-0.15, -0.1) is 0 Å². The van der Waals surface area contributed by atoms with Gasteiger partial charge in [-0.3, -0.25) is 4.79 Å². The third-order valence-corrected chi connectivity index (χ3v) is 2.80. The molecule has 3 N–H and O–H groups in total. The highest BCUT2D eigenvalue weighted by Gasteiger charge is 2.26. The number of carbonyl (C=O) groups excluding carboxylic acids is 1. The van der Waals surface area contributed by atoms with E-state index < -0.39 is 5.41 Å². The highest BCUT2D eigenvalue weighted by molar-refractivity contribution is 5.82. The van der Waals surface area contributed by atoms with E-state index in [-0.39, 0.29) is 11.9 Å². The summed E-state index contributed by atoms with van der Waals surface area (Å²) in [6.07, 6.45) is 0.868. The number of nitrogens with one attached hydrogen (secondary N) is 3. The lowest BCUT2D eigenvalue weighted by Crippen LogP contribution is -2.39. The lowest BCUT2D eigenvalue weighted by Gasteiger charge is -2.22. The van der Waals surface area contributed by atoms with E-state index in [0.29, 0.717) is 25.0 Å². The maximum atomic E-state index is 11.7. The van der Waals surface area contributed by atoms with Crippen LogP contribution in [0.5, 0.6) is 6.01 Å². The van der Waals surface area contributed by atoms with Crippen LogP contribution < -0.4 is 20.7 Å². The van der Waals surface area contributed by atoms with Gasteiger partial charge in [0, 0.05) is 20.6 Å². The van der Waals surface area contributed by atoms with Crippen molar-refractivity contribution in [2.45, 2.75) is 27.2 Å². The fraction of sp³-hybridized carbons (Fsp3) is 0.692. The Kier molecular flexibility index (Phi) is 6.13. The fourth-order valence-corrected chi connectivity index (χ4v) is 1.52. The molecule has 21 heavy (non-hydrogen) atoms. The van der Waals surface area contributed by atoms with Gasteiger partial charge in [0.2, 0.25) is 17.8 Å². The number of anilines is 2. The van der Waals surface area contributed by atoms with Crippen molar-refractivity contribution in [3.63, 3.8) is 0 Å². The molecule has 0 spiro atoms. The van der Waals surface area contributed by atoms with E-state index in [4.69, 9.17) is 4.74 Å². The van der Waals surface area contributed by atoms with Gasteiger partial charge >= 0.3 is 6.01 Å². The summed E-state index contributed by atoms with van der Waals surface area (Å²) in [5.74, 6) is 0.731. The number of nitrogens with zero attached hydrogens (tertiary/aromatic N) is 3. The Morgan fingerprint density at radius 1 is 1.19 bits per heavy atom. The molecule has 8 nitrogen and oxygen atoms in total. The first-order chi connectivity index (χ1) is 9.92. The minimum absolute atomic E-state index is 0.0552. The Bertz CT molecular complexity index is 478. The minimum Gasteiger partial charge on any atom is -0.463 e. The number of ether oxygens (including phenoxy) is 1. The molecule has 8 heteroatoms. The Labute approximate surface area is 125 Å². The van der Waals surface area contributed by atoms with Crippen LogP contribution in [0.25, 0.3) is 0 Å². The van der Waals surface area contributed by atoms with E-state index in [0.717, 1.165) is 6.42 Å². The molecule has 1 rings (SSSR count). The molecule has 0 atom stereocenters. The largest absolute Gasteiger partial charge is 0.463 e. The lowest BCUT2D eigenvalue weighted by molar-refractivity contribution is -0.128. The van der Waals surface area contributed by atoms with Crippen LogP contribution in [-0.4, -0.2) is 48.1 Å². The van der Waals surface area contributed by atoms with Gasteiger partial charge < -0.3 is 20.7 Å². The highest BCUT2D eigenvalue weighted by Crippen LogP contribution is 2.17. The highest BCUT2D eigenvalue weighted by atomic mass is 16.5. The van der Waals surface area contributed by atoms with Crippen LogP contribution in [-0.2, 0) is 4.79 Å². The third kappa shape index (κ3) is 5.05. The molecule has 0 bridgehead atoms. The van der Waals surface area contributed by atoms with Gasteiger partial charge in [0.05, 0.1) is 12.0 Å². The van der Waals surface area contributed by atoms with Crippen LogP contribution in [0.2, 0.25) is 0 Å². The molecule has 0 aromatic carbocycles. The standard InChI is InChI=1S/C13H24N6O2/c1-6-7-21-12-18-10(15-5)17-11(19-12)16-8-13(2,3)9(20)14-4/h6-8H2,1-5H3,(H,14,20)(H2,15,16,17,18,19). The normalized spacial score (nSPS) is 10.9. The average molecular weight is 296 g/mol. The molecule has 118 valence electrons. The second kappa shape index (κ2) is 7.61. The van der Waals surface area contributed by atoms with Gasteiger partial charge in [-0.2, -0.15) is 15.0 Å². The van der Waals surface area contributed by atoms with E-state index in [9.17, 15) is 4.79 Å². The molecule has 1 heterocycles. The number of aromatic nitrogens is 3. The van der Waals surface area contributed by atoms with E-state index in [1.54, 1.807) is 14.1 Å². The van der Waals surface area contributed by atoms with Gasteiger partial charge in [0.1, 0.15) is 0 Å². The maximum absolute atomic E-state index is 11.7. The molecule has 0 fully saturated rings. The zero-order chi connectivity index (χ0) is 15.9. The molecule has 1 aromatic heterocycles.